The van der Waals surface area contributed by atoms with Gasteiger partial charge in [0.15, 0.2) is 0 Å². The maximum Gasteiger partial charge on any atom is 0.323 e. The average Bonchev–Trinajstić information content (AvgIpc) is 2.96. The van der Waals surface area contributed by atoms with Crippen molar-refractivity contribution in [2.45, 2.75) is 25.8 Å². The monoisotopic (exact) mass is 240 g/mol. The predicted octanol–water partition coefficient (Wildman–Crippen LogP) is 1.14. The maximum absolute atomic E-state index is 12.0. The van der Waals surface area contributed by atoms with Crippen LogP contribution in [0.1, 0.15) is 28.3 Å². The van der Waals surface area contributed by atoms with Crippen LogP contribution in [0.4, 0.5) is 0 Å². The molecule has 0 saturated heterocycles. The van der Waals surface area contributed by atoms with E-state index in [-0.39, 0.29) is 18.5 Å². The van der Waals surface area contributed by atoms with Gasteiger partial charge >= 0.3 is 5.97 Å². The van der Waals surface area contributed by atoms with Gasteiger partial charge in [0, 0.05) is 11.4 Å². The summed E-state index contributed by atoms with van der Waals surface area (Å²) >= 11 is 1.40. The van der Waals surface area contributed by atoms with Crippen molar-refractivity contribution in [3.8, 4) is 0 Å². The van der Waals surface area contributed by atoms with Crippen molar-refractivity contribution in [1.82, 2.24) is 9.88 Å². The fourth-order valence-corrected chi connectivity index (χ4v) is 2.09. The highest BCUT2D eigenvalue weighted by Gasteiger charge is 2.35. The van der Waals surface area contributed by atoms with E-state index in [1.807, 2.05) is 6.92 Å². The van der Waals surface area contributed by atoms with Crippen LogP contribution < -0.4 is 0 Å². The zero-order valence-electron chi connectivity index (χ0n) is 8.84. The van der Waals surface area contributed by atoms with Crippen LogP contribution in [-0.4, -0.2) is 39.5 Å². The number of carboxylic acids is 1. The Labute approximate surface area is 96.7 Å². The van der Waals surface area contributed by atoms with Gasteiger partial charge in [-0.05, 0) is 19.8 Å². The molecule has 0 radical (unpaired) electrons. The first-order valence-electron chi connectivity index (χ1n) is 5.03. The first kappa shape index (κ1) is 11.1. The Balaban J connectivity index is 2.13. The molecule has 5 nitrogen and oxygen atoms in total. The zero-order valence-corrected chi connectivity index (χ0v) is 9.66. The fraction of sp³-hybridized carbons (Fsp3) is 0.500. The van der Waals surface area contributed by atoms with Gasteiger partial charge in [-0.25, -0.2) is 4.98 Å². The molecular weight excluding hydrogens is 228 g/mol. The molecule has 6 heteroatoms. The van der Waals surface area contributed by atoms with Gasteiger partial charge in [0.1, 0.15) is 12.2 Å². The van der Waals surface area contributed by atoms with E-state index in [1.54, 1.807) is 5.38 Å². The maximum atomic E-state index is 12.0. The third kappa shape index (κ3) is 2.38. The van der Waals surface area contributed by atoms with E-state index in [0.717, 1.165) is 17.8 Å². The molecule has 1 aliphatic carbocycles. The van der Waals surface area contributed by atoms with Crippen molar-refractivity contribution in [2.75, 3.05) is 6.54 Å². The highest BCUT2D eigenvalue weighted by molar-refractivity contribution is 7.09. The van der Waals surface area contributed by atoms with Crippen molar-refractivity contribution in [1.29, 1.82) is 0 Å². The van der Waals surface area contributed by atoms with E-state index in [1.165, 1.54) is 16.2 Å². The number of hydrogen-bond donors (Lipinski definition) is 1. The number of thiazole rings is 1. The lowest BCUT2D eigenvalue weighted by atomic mass is 10.3. The Morgan fingerprint density at radius 1 is 1.62 bits per heavy atom. The lowest BCUT2D eigenvalue weighted by Crippen LogP contribution is -2.37. The number of carbonyl (C=O) groups excluding carboxylic acids is 1. The number of aliphatic carboxylic acids is 1. The van der Waals surface area contributed by atoms with Crippen LogP contribution in [0.2, 0.25) is 0 Å². The molecule has 2 rings (SSSR count). The van der Waals surface area contributed by atoms with Gasteiger partial charge in [-0.15, -0.1) is 11.3 Å². The molecule has 16 heavy (non-hydrogen) atoms. The molecule has 0 spiro atoms. The summed E-state index contributed by atoms with van der Waals surface area (Å²) in [6.45, 7) is 1.58. The van der Waals surface area contributed by atoms with E-state index in [4.69, 9.17) is 5.11 Å². The summed E-state index contributed by atoms with van der Waals surface area (Å²) in [7, 11) is 0. The number of carboxylic acid groups (broad SMARTS) is 1. The number of aryl methyl sites for hydroxylation is 1. The van der Waals surface area contributed by atoms with Crippen LogP contribution in [0.15, 0.2) is 5.38 Å². The van der Waals surface area contributed by atoms with Gasteiger partial charge in [0.05, 0.1) is 5.01 Å². The summed E-state index contributed by atoms with van der Waals surface area (Å²) in [5, 5.41) is 11.2. The van der Waals surface area contributed by atoms with Gasteiger partial charge in [0.25, 0.3) is 5.91 Å². The number of carbonyl (C=O) groups is 2. The first-order chi connectivity index (χ1) is 7.58. The molecule has 1 aromatic rings. The lowest BCUT2D eigenvalue weighted by Gasteiger charge is -2.18. The topological polar surface area (TPSA) is 70.5 Å². The SMILES string of the molecule is Cc1nc(C(=O)N(CC(=O)O)C2CC2)cs1. The van der Waals surface area contributed by atoms with E-state index >= 15 is 0 Å². The minimum Gasteiger partial charge on any atom is -0.480 e. The van der Waals surface area contributed by atoms with E-state index in [2.05, 4.69) is 4.98 Å². The number of nitrogens with zero attached hydrogens (tertiary/aromatic N) is 2. The predicted molar refractivity (Wildman–Crippen MR) is 58.5 cm³/mol. The van der Waals surface area contributed by atoms with Gasteiger partial charge in [-0.2, -0.15) is 0 Å². The molecule has 0 aromatic carbocycles. The van der Waals surface area contributed by atoms with E-state index in [0.29, 0.717) is 5.69 Å². The number of amides is 1. The van der Waals surface area contributed by atoms with Crippen LogP contribution in [0.5, 0.6) is 0 Å². The molecule has 1 amide bonds. The summed E-state index contributed by atoms with van der Waals surface area (Å²) in [5.41, 5.74) is 0.357. The van der Waals surface area contributed by atoms with Crippen molar-refractivity contribution in [3.05, 3.63) is 16.1 Å². The quantitative estimate of drug-likeness (QED) is 0.856. The second kappa shape index (κ2) is 4.21. The van der Waals surface area contributed by atoms with Gasteiger partial charge < -0.3 is 10.0 Å². The molecule has 0 aliphatic heterocycles. The van der Waals surface area contributed by atoms with Crippen LogP contribution in [0.25, 0.3) is 0 Å². The molecule has 1 N–H and O–H groups in total. The number of rotatable bonds is 4. The summed E-state index contributed by atoms with van der Waals surface area (Å²) in [4.78, 5) is 28.1. The highest BCUT2D eigenvalue weighted by Crippen LogP contribution is 2.28. The summed E-state index contributed by atoms with van der Waals surface area (Å²) in [5.74, 6) is -1.25. The molecule has 0 bridgehead atoms. The third-order valence-electron chi connectivity index (χ3n) is 2.39. The van der Waals surface area contributed by atoms with Gasteiger partial charge in [-0.3, -0.25) is 9.59 Å². The second-order valence-corrected chi connectivity index (χ2v) is 4.87. The normalized spacial score (nSPS) is 14.8. The van der Waals surface area contributed by atoms with E-state index < -0.39 is 5.97 Å². The van der Waals surface area contributed by atoms with Crippen LogP contribution in [-0.2, 0) is 4.79 Å². The molecule has 1 heterocycles. The fourth-order valence-electron chi connectivity index (χ4n) is 1.51. The Morgan fingerprint density at radius 2 is 2.31 bits per heavy atom. The van der Waals surface area contributed by atoms with Crippen LogP contribution >= 0.6 is 11.3 Å². The largest absolute Gasteiger partial charge is 0.480 e. The van der Waals surface area contributed by atoms with E-state index in [9.17, 15) is 9.59 Å². The Kier molecular flexibility index (Phi) is 2.91. The Hall–Kier alpha value is -1.43. The smallest absolute Gasteiger partial charge is 0.323 e. The van der Waals surface area contributed by atoms with Crippen molar-refractivity contribution in [2.24, 2.45) is 0 Å². The van der Waals surface area contributed by atoms with Crippen molar-refractivity contribution in [3.63, 3.8) is 0 Å². The molecule has 86 valence electrons. The zero-order chi connectivity index (χ0) is 11.7. The summed E-state index contributed by atoms with van der Waals surface area (Å²) in [6, 6.07) is 0.0885. The summed E-state index contributed by atoms with van der Waals surface area (Å²) in [6.07, 6.45) is 1.78. The first-order valence-corrected chi connectivity index (χ1v) is 5.91. The molecule has 0 atom stereocenters. The number of hydrogen-bond acceptors (Lipinski definition) is 4. The molecule has 1 aromatic heterocycles. The average molecular weight is 240 g/mol. The minimum absolute atomic E-state index is 0.0885. The number of aromatic nitrogens is 1. The minimum atomic E-state index is -0.979. The third-order valence-corrected chi connectivity index (χ3v) is 3.17. The van der Waals surface area contributed by atoms with Crippen LogP contribution in [0.3, 0.4) is 0 Å². The lowest BCUT2D eigenvalue weighted by molar-refractivity contribution is -0.137. The van der Waals surface area contributed by atoms with Crippen LogP contribution in [0, 0.1) is 6.92 Å². The second-order valence-electron chi connectivity index (χ2n) is 3.81. The molecule has 0 unspecified atom stereocenters. The van der Waals surface area contributed by atoms with Crippen molar-refractivity contribution < 1.29 is 14.7 Å². The molecular formula is C10H12N2O3S. The highest BCUT2D eigenvalue weighted by atomic mass is 32.1. The molecule has 1 aliphatic rings. The Morgan fingerprint density at radius 3 is 2.75 bits per heavy atom. The molecule has 1 saturated carbocycles. The van der Waals surface area contributed by atoms with Crippen molar-refractivity contribution >= 4 is 23.2 Å². The Bertz CT molecular complexity index is 425. The standard InChI is InChI=1S/C10H12N2O3S/c1-6-11-8(5-16-6)10(15)12(4-9(13)14)7-2-3-7/h5,7H,2-4H2,1H3,(H,13,14). The molecule has 1 fully saturated rings. The van der Waals surface area contributed by atoms with Gasteiger partial charge in [0.2, 0.25) is 0 Å². The summed E-state index contributed by atoms with van der Waals surface area (Å²) < 4.78 is 0. The van der Waals surface area contributed by atoms with Gasteiger partial charge in [-0.1, -0.05) is 0 Å².